The van der Waals surface area contributed by atoms with Gasteiger partial charge in [-0.3, -0.25) is 4.79 Å². The number of benzene rings is 1. The fraction of sp³-hybridized carbons (Fsp3) is 0.357. The van der Waals surface area contributed by atoms with Crippen molar-refractivity contribution in [2.45, 2.75) is 20.0 Å². The number of hydrogen-bond donors (Lipinski definition) is 0. The summed E-state index contributed by atoms with van der Waals surface area (Å²) in [4.78, 5) is 11.2. The van der Waals surface area contributed by atoms with E-state index in [4.69, 9.17) is 4.74 Å². The molecular formula is C14H18O2. The molecule has 0 radical (unpaired) electrons. The van der Waals surface area contributed by atoms with Crippen molar-refractivity contribution in [1.29, 1.82) is 0 Å². The lowest BCUT2D eigenvalue weighted by Crippen LogP contribution is -2.10. The van der Waals surface area contributed by atoms with Crippen LogP contribution in [0.4, 0.5) is 0 Å². The van der Waals surface area contributed by atoms with Gasteiger partial charge >= 0.3 is 0 Å². The van der Waals surface area contributed by atoms with E-state index in [1.165, 1.54) is 6.08 Å². The van der Waals surface area contributed by atoms with E-state index < -0.39 is 0 Å². The molecular weight excluding hydrogens is 200 g/mol. The van der Waals surface area contributed by atoms with Crippen LogP contribution in [0.5, 0.6) is 0 Å². The molecule has 1 aromatic carbocycles. The van der Waals surface area contributed by atoms with Crippen molar-refractivity contribution >= 4 is 5.78 Å². The lowest BCUT2D eigenvalue weighted by molar-refractivity contribution is -0.118. The van der Waals surface area contributed by atoms with Crippen LogP contribution in [0.25, 0.3) is 0 Å². The number of allylic oxidation sites excluding steroid dienone is 1. The number of rotatable bonds is 7. The fourth-order valence-corrected chi connectivity index (χ4v) is 1.37. The Morgan fingerprint density at radius 3 is 2.75 bits per heavy atom. The highest BCUT2D eigenvalue weighted by atomic mass is 16.5. The molecule has 0 spiro atoms. The van der Waals surface area contributed by atoms with E-state index in [1.807, 2.05) is 37.3 Å². The monoisotopic (exact) mass is 218 g/mol. The summed E-state index contributed by atoms with van der Waals surface area (Å²) in [6.45, 7) is 6.58. The zero-order valence-electron chi connectivity index (χ0n) is 9.69. The molecule has 2 nitrogen and oxygen atoms in total. The number of carbonyl (C=O) groups excluding carboxylic acids is 1. The van der Waals surface area contributed by atoms with Gasteiger partial charge in [-0.2, -0.15) is 0 Å². The van der Waals surface area contributed by atoms with E-state index in [9.17, 15) is 4.79 Å². The van der Waals surface area contributed by atoms with Crippen molar-refractivity contribution in [3.63, 3.8) is 0 Å². The van der Waals surface area contributed by atoms with Crippen LogP contribution < -0.4 is 0 Å². The Bertz CT molecular complexity index is 330. The first-order valence-corrected chi connectivity index (χ1v) is 5.52. The first-order valence-electron chi connectivity index (χ1n) is 5.52. The molecule has 0 saturated heterocycles. The lowest BCUT2D eigenvalue weighted by atomic mass is 10.0. The predicted octanol–water partition coefficient (Wildman–Crippen LogP) is 2.98. The predicted molar refractivity (Wildman–Crippen MR) is 65.1 cm³/mol. The summed E-state index contributed by atoms with van der Waals surface area (Å²) in [5.41, 5.74) is 1.16. The van der Waals surface area contributed by atoms with Gasteiger partial charge in [0.1, 0.15) is 0 Å². The molecule has 0 heterocycles. The van der Waals surface area contributed by atoms with Gasteiger partial charge in [-0.05, 0) is 18.1 Å². The maximum Gasteiger partial charge on any atom is 0.157 e. The molecule has 0 aliphatic rings. The summed E-state index contributed by atoms with van der Waals surface area (Å²) in [6.07, 6.45) is 2.12. The zero-order valence-corrected chi connectivity index (χ0v) is 9.69. The summed E-state index contributed by atoms with van der Waals surface area (Å²) in [7, 11) is 0. The lowest BCUT2D eigenvalue weighted by Gasteiger charge is -2.08. The molecule has 1 atom stereocenters. The Kier molecular flexibility index (Phi) is 5.51. The maximum atomic E-state index is 11.2. The van der Waals surface area contributed by atoms with E-state index in [1.54, 1.807) is 0 Å². The van der Waals surface area contributed by atoms with Crippen LogP contribution in [0.1, 0.15) is 18.9 Å². The molecule has 0 aliphatic heterocycles. The smallest absolute Gasteiger partial charge is 0.157 e. The summed E-state index contributed by atoms with van der Waals surface area (Å²) >= 11 is 0. The second-order valence-electron chi connectivity index (χ2n) is 3.83. The first-order chi connectivity index (χ1) is 7.74. The van der Waals surface area contributed by atoms with Crippen molar-refractivity contribution in [2.24, 2.45) is 5.92 Å². The Hall–Kier alpha value is -1.41. The first kappa shape index (κ1) is 12.7. The third kappa shape index (κ3) is 4.41. The van der Waals surface area contributed by atoms with E-state index in [-0.39, 0.29) is 11.7 Å². The van der Waals surface area contributed by atoms with E-state index in [0.29, 0.717) is 13.2 Å². The van der Waals surface area contributed by atoms with Crippen LogP contribution in [0.3, 0.4) is 0 Å². The van der Waals surface area contributed by atoms with Gasteiger partial charge in [0, 0.05) is 12.5 Å². The Morgan fingerprint density at radius 2 is 2.12 bits per heavy atom. The van der Waals surface area contributed by atoms with Crippen molar-refractivity contribution in [3.05, 3.63) is 48.6 Å². The Labute approximate surface area is 96.9 Å². The number of ketones is 1. The highest BCUT2D eigenvalue weighted by Crippen LogP contribution is 2.06. The van der Waals surface area contributed by atoms with Crippen LogP contribution in [-0.4, -0.2) is 12.4 Å². The van der Waals surface area contributed by atoms with Crippen LogP contribution >= 0.6 is 0 Å². The van der Waals surface area contributed by atoms with Crippen molar-refractivity contribution in [3.8, 4) is 0 Å². The Morgan fingerprint density at radius 1 is 1.44 bits per heavy atom. The highest BCUT2D eigenvalue weighted by Gasteiger charge is 2.08. The van der Waals surface area contributed by atoms with E-state index in [2.05, 4.69) is 6.58 Å². The topological polar surface area (TPSA) is 26.3 Å². The molecule has 2 heteroatoms. The number of carbonyl (C=O) groups is 1. The van der Waals surface area contributed by atoms with Gasteiger partial charge in [0.2, 0.25) is 0 Å². The minimum Gasteiger partial charge on any atom is -0.377 e. The molecule has 0 bridgehead atoms. The molecule has 1 aromatic rings. The van der Waals surface area contributed by atoms with Crippen LogP contribution in [0.2, 0.25) is 0 Å². The highest BCUT2D eigenvalue weighted by molar-refractivity contribution is 5.90. The van der Waals surface area contributed by atoms with Crippen molar-refractivity contribution < 1.29 is 9.53 Å². The van der Waals surface area contributed by atoms with Gasteiger partial charge in [-0.15, -0.1) is 0 Å². The number of ether oxygens (including phenoxy) is 1. The van der Waals surface area contributed by atoms with Crippen molar-refractivity contribution in [1.82, 2.24) is 0 Å². The standard InChI is InChI=1S/C14H18O2/c1-3-14(15)12(2)9-10-16-11-13-7-5-4-6-8-13/h3-8,12H,1,9-11H2,2H3. The third-order valence-electron chi connectivity index (χ3n) is 2.49. The van der Waals surface area contributed by atoms with Gasteiger partial charge in [0.15, 0.2) is 5.78 Å². The average Bonchev–Trinajstić information content (AvgIpc) is 2.34. The maximum absolute atomic E-state index is 11.2. The molecule has 0 fully saturated rings. The second-order valence-corrected chi connectivity index (χ2v) is 3.83. The largest absolute Gasteiger partial charge is 0.377 e. The molecule has 0 aromatic heterocycles. The molecule has 0 saturated carbocycles. The molecule has 0 aliphatic carbocycles. The molecule has 0 amide bonds. The summed E-state index contributed by atoms with van der Waals surface area (Å²) in [5, 5.41) is 0. The third-order valence-corrected chi connectivity index (χ3v) is 2.49. The quantitative estimate of drug-likeness (QED) is 0.519. The summed E-state index contributed by atoms with van der Waals surface area (Å²) in [5.74, 6) is 0.0941. The minimum atomic E-state index is 0.00766. The van der Waals surface area contributed by atoms with Crippen LogP contribution in [0.15, 0.2) is 43.0 Å². The fourth-order valence-electron chi connectivity index (χ4n) is 1.37. The molecule has 1 unspecified atom stereocenters. The molecule has 0 N–H and O–H groups in total. The molecule has 1 rings (SSSR count). The van der Waals surface area contributed by atoms with Gasteiger partial charge in [0.05, 0.1) is 6.61 Å². The van der Waals surface area contributed by atoms with Gasteiger partial charge in [-0.1, -0.05) is 43.8 Å². The van der Waals surface area contributed by atoms with Gasteiger partial charge < -0.3 is 4.74 Å². The number of hydrogen-bond acceptors (Lipinski definition) is 2. The van der Waals surface area contributed by atoms with Gasteiger partial charge in [0.25, 0.3) is 0 Å². The van der Waals surface area contributed by atoms with Crippen LogP contribution in [-0.2, 0) is 16.1 Å². The van der Waals surface area contributed by atoms with Gasteiger partial charge in [-0.25, -0.2) is 0 Å². The Balaban J connectivity index is 2.17. The summed E-state index contributed by atoms with van der Waals surface area (Å²) in [6, 6.07) is 10.0. The minimum absolute atomic E-state index is 0.00766. The van der Waals surface area contributed by atoms with Crippen molar-refractivity contribution in [2.75, 3.05) is 6.61 Å². The van der Waals surface area contributed by atoms with Crippen LogP contribution in [0, 0.1) is 5.92 Å². The average molecular weight is 218 g/mol. The molecule has 16 heavy (non-hydrogen) atoms. The van der Waals surface area contributed by atoms with E-state index >= 15 is 0 Å². The van der Waals surface area contributed by atoms with E-state index in [0.717, 1.165) is 12.0 Å². The zero-order chi connectivity index (χ0) is 11.8. The second kappa shape index (κ2) is 6.96. The summed E-state index contributed by atoms with van der Waals surface area (Å²) < 4.78 is 5.50. The SMILES string of the molecule is C=CC(=O)C(C)CCOCc1ccccc1. The normalized spacial score (nSPS) is 12.1. The molecule has 86 valence electrons.